The second-order valence-electron chi connectivity index (χ2n) is 8.70. The number of pyridine rings is 1. The van der Waals surface area contributed by atoms with E-state index in [9.17, 15) is 9.59 Å². The number of aromatic nitrogens is 1. The number of hydrogen-bond acceptors (Lipinski definition) is 3. The molecule has 7 heteroatoms. The molecule has 0 aliphatic carbocycles. The highest BCUT2D eigenvalue weighted by Gasteiger charge is 2.30. The molecular formula is C30H27Cl2N3O2. The van der Waals surface area contributed by atoms with Crippen molar-refractivity contribution in [2.24, 2.45) is 0 Å². The van der Waals surface area contributed by atoms with Gasteiger partial charge < -0.3 is 10.2 Å². The number of benzene rings is 3. The van der Waals surface area contributed by atoms with Crippen LogP contribution in [-0.4, -0.2) is 27.7 Å². The fraction of sp³-hybridized carbons (Fsp3) is 0.167. The summed E-state index contributed by atoms with van der Waals surface area (Å²) in [5.41, 5.74) is 3.40. The van der Waals surface area contributed by atoms with Gasteiger partial charge in [-0.15, -0.1) is 0 Å². The van der Waals surface area contributed by atoms with Crippen LogP contribution in [0.2, 0.25) is 10.0 Å². The Kier molecular flexibility index (Phi) is 9.30. The number of halogens is 2. The lowest BCUT2D eigenvalue weighted by molar-refractivity contribution is -0.140. The largest absolute Gasteiger partial charge is 0.349 e. The minimum Gasteiger partial charge on any atom is -0.349 e. The molecular weight excluding hydrogens is 505 g/mol. The molecule has 2 amide bonds. The third-order valence-corrected chi connectivity index (χ3v) is 6.48. The Bertz CT molecular complexity index is 1300. The fourth-order valence-electron chi connectivity index (χ4n) is 4.02. The molecule has 0 aliphatic heterocycles. The molecule has 4 rings (SSSR count). The zero-order valence-corrected chi connectivity index (χ0v) is 21.7. The third-order valence-electron chi connectivity index (χ3n) is 5.98. The second kappa shape index (κ2) is 13.0. The van der Waals surface area contributed by atoms with Gasteiger partial charge in [0.1, 0.15) is 6.04 Å². The van der Waals surface area contributed by atoms with Crippen LogP contribution in [0.4, 0.5) is 0 Å². The number of carbonyl (C=O) groups is 2. The van der Waals surface area contributed by atoms with Crippen LogP contribution in [0.25, 0.3) is 0 Å². The lowest BCUT2D eigenvalue weighted by atomic mass is 10.0. The molecule has 1 N–H and O–H groups in total. The Hall–Kier alpha value is -3.67. The molecule has 0 saturated carbocycles. The highest BCUT2D eigenvalue weighted by molar-refractivity contribution is 6.30. The predicted molar refractivity (Wildman–Crippen MR) is 147 cm³/mol. The smallest absolute Gasteiger partial charge is 0.243 e. The summed E-state index contributed by atoms with van der Waals surface area (Å²) >= 11 is 12.1. The van der Waals surface area contributed by atoms with Gasteiger partial charge in [-0.3, -0.25) is 14.6 Å². The summed E-state index contributed by atoms with van der Waals surface area (Å²) in [6.07, 6.45) is 2.20. The van der Waals surface area contributed by atoms with Crippen molar-refractivity contribution in [2.45, 2.75) is 32.0 Å². The third kappa shape index (κ3) is 7.91. The Morgan fingerprint density at radius 2 is 1.38 bits per heavy atom. The van der Waals surface area contributed by atoms with E-state index in [4.69, 9.17) is 23.2 Å². The van der Waals surface area contributed by atoms with E-state index in [0.717, 1.165) is 22.4 Å². The van der Waals surface area contributed by atoms with Gasteiger partial charge in [-0.05, 0) is 53.1 Å². The van der Waals surface area contributed by atoms with Crippen molar-refractivity contribution in [3.8, 4) is 0 Å². The van der Waals surface area contributed by atoms with Crippen molar-refractivity contribution in [1.82, 2.24) is 15.2 Å². The van der Waals surface area contributed by atoms with Gasteiger partial charge in [-0.2, -0.15) is 0 Å². The fourth-order valence-corrected chi connectivity index (χ4v) is 4.27. The highest BCUT2D eigenvalue weighted by atomic mass is 35.5. The summed E-state index contributed by atoms with van der Waals surface area (Å²) in [5, 5.41) is 4.20. The highest BCUT2D eigenvalue weighted by Crippen LogP contribution is 2.19. The molecule has 4 aromatic rings. The van der Waals surface area contributed by atoms with Crippen molar-refractivity contribution < 1.29 is 9.59 Å². The second-order valence-corrected chi connectivity index (χ2v) is 9.57. The molecule has 0 bridgehead atoms. The van der Waals surface area contributed by atoms with Crippen LogP contribution < -0.4 is 5.32 Å². The molecule has 0 spiro atoms. The molecule has 0 radical (unpaired) electrons. The van der Waals surface area contributed by atoms with Gasteiger partial charge in [0.2, 0.25) is 11.8 Å². The van der Waals surface area contributed by atoms with Crippen LogP contribution in [0.1, 0.15) is 22.4 Å². The molecule has 1 aromatic heterocycles. The van der Waals surface area contributed by atoms with Crippen molar-refractivity contribution in [3.05, 3.63) is 136 Å². The maximum absolute atomic E-state index is 13.8. The number of carbonyl (C=O) groups excluding carboxylic acids is 2. The van der Waals surface area contributed by atoms with Crippen LogP contribution in [0.5, 0.6) is 0 Å². The molecule has 0 aliphatic rings. The van der Waals surface area contributed by atoms with E-state index in [0.29, 0.717) is 16.5 Å². The van der Waals surface area contributed by atoms with E-state index in [1.807, 2.05) is 72.8 Å². The van der Waals surface area contributed by atoms with Gasteiger partial charge in [0.25, 0.3) is 0 Å². The number of nitrogens with zero attached hydrogens (tertiary/aromatic N) is 2. The first-order valence-electron chi connectivity index (χ1n) is 12.0. The first kappa shape index (κ1) is 26.4. The van der Waals surface area contributed by atoms with E-state index < -0.39 is 6.04 Å². The molecule has 0 unspecified atom stereocenters. The lowest BCUT2D eigenvalue weighted by Gasteiger charge is -2.31. The number of hydrogen-bond donors (Lipinski definition) is 1. The summed E-state index contributed by atoms with van der Waals surface area (Å²) in [7, 11) is 0. The van der Waals surface area contributed by atoms with Gasteiger partial charge >= 0.3 is 0 Å². The van der Waals surface area contributed by atoms with Crippen molar-refractivity contribution >= 4 is 35.0 Å². The van der Waals surface area contributed by atoms with Gasteiger partial charge in [0, 0.05) is 29.2 Å². The van der Waals surface area contributed by atoms with Crippen molar-refractivity contribution in [1.29, 1.82) is 0 Å². The normalized spacial score (nSPS) is 11.5. The van der Waals surface area contributed by atoms with Crippen LogP contribution >= 0.6 is 23.2 Å². The Labute approximate surface area is 227 Å². The number of nitrogens with one attached hydrogen (secondary N) is 1. The standard InChI is InChI=1S/C30H27Cl2N3O2/c31-25-13-9-23(10-14-25)19-29(36)35(21-24-11-15-26(32)16-12-24)28(18-22-6-2-1-3-7-22)30(37)34-20-27-8-4-5-17-33-27/h1-17,28H,18-21H2,(H,34,37)/t28-/m1/s1. The van der Waals surface area contributed by atoms with Gasteiger partial charge in [0.15, 0.2) is 0 Å². The Morgan fingerprint density at radius 3 is 2.00 bits per heavy atom. The maximum atomic E-state index is 13.8. The van der Waals surface area contributed by atoms with E-state index in [-0.39, 0.29) is 31.3 Å². The SMILES string of the molecule is O=C(NCc1ccccn1)[C@@H](Cc1ccccc1)N(Cc1ccc(Cl)cc1)C(=O)Cc1ccc(Cl)cc1. The zero-order chi connectivity index (χ0) is 26.0. The zero-order valence-electron chi connectivity index (χ0n) is 20.2. The maximum Gasteiger partial charge on any atom is 0.243 e. The van der Waals surface area contributed by atoms with E-state index in [2.05, 4.69) is 10.3 Å². The predicted octanol–water partition coefficient (Wildman–Crippen LogP) is 5.89. The van der Waals surface area contributed by atoms with Crippen LogP contribution in [-0.2, 0) is 35.5 Å². The molecule has 0 fully saturated rings. The lowest BCUT2D eigenvalue weighted by Crippen LogP contribution is -2.50. The van der Waals surface area contributed by atoms with Gasteiger partial charge in [-0.25, -0.2) is 0 Å². The van der Waals surface area contributed by atoms with E-state index in [1.165, 1.54) is 0 Å². The van der Waals surface area contributed by atoms with Crippen molar-refractivity contribution in [3.63, 3.8) is 0 Å². The monoisotopic (exact) mass is 531 g/mol. The van der Waals surface area contributed by atoms with Crippen LogP contribution in [0.3, 0.4) is 0 Å². The minimum atomic E-state index is -0.735. The molecule has 37 heavy (non-hydrogen) atoms. The van der Waals surface area contributed by atoms with Crippen LogP contribution in [0, 0.1) is 0 Å². The number of rotatable bonds is 10. The van der Waals surface area contributed by atoms with E-state index >= 15 is 0 Å². The average Bonchev–Trinajstić information content (AvgIpc) is 2.92. The van der Waals surface area contributed by atoms with E-state index in [1.54, 1.807) is 35.4 Å². The first-order valence-corrected chi connectivity index (χ1v) is 12.7. The summed E-state index contributed by atoms with van der Waals surface area (Å²) in [6.45, 7) is 0.531. The average molecular weight is 532 g/mol. The summed E-state index contributed by atoms with van der Waals surface area (Å²) in [5.74, 6) is -0.404. The summed E-state index contributed by atoms with van der Waals surface area (Å²) in [4.78, 5) is 33.3. The number of amides is 2. The quantitative estimate of drug-likeness (QED) is 0.277. The Morgan fingerprint density at radius 1 is 0.757 bits per heavy atom. The van der Waals surface area contributed by atoms with Gasteiger partial charge in [-0.1, -0.05) is 83.9 Å². The summed E-state index contributed by atoms with van der Waals surface area (Å²) < 4.78 is 0. The molecule has 0 saturated heterocycles. The van der Waals surface area contributed by atoms with Crippen LogP contribution in [0.15, 0.2) is 103 Å². The van der Waals surface area contributed by atoms with Gasteiger partial charge in [0.05, 0.1) is 18.7 Å². The topological polar surface area (TPSA) is 62.3 Å². The molecule has 1 atom stereocenters. The Balaban J connectivity index is 1.64. The molecule has 188 valence electrons. The van der Waals surface area contributed by atoms with Crippen molar-refractivity contribution in [2.75, 3.05) is 0 Å². The molecule has 5 nitrogen and oxygen atoms in total. The summed E-state index contributed by atoms with van der Waals surface area (Å²) in [6, 6.07) is 29.0. The molecule has 1 heterocycles. The minimum absolute atomic E-state index is 0.142. The molecule has 3 aromatic carbocycles. The first-order chi connectivity index (χ1) is 18.0.